The third-order valence-electron chi connectivity index (χ3n) is 4.04. The predicted molar refractivity (Wildman–Crippen MR) is 103 cm³/mol. The van der Waals surface area contributed by atoms with Crippen LogP contribution in [0.15, 0.2) is 18.2 Å². The Bertz CT molecular complexity index is 906. The fourth-order valence-electron chi connectivity index (χ4n) is 2.67. The van der Waals surface area contributed by atoms with Gasteiger partial charge in [-0.15, -0.1) is 0 Å². The number of ether oxygens (including phenoxy) is 3. The molecule has 0 unspecified atom stereocenters. The molecule has 1 aromatic carbocycles. The number of aromatic nitrogens is 1. The van der Waals surface area contributed by atoms with Gasteiger partial charge in [0, 0.05) is 10.7 Å². The normalized spacial score (nSPS) is 10.3. The van der Waals surface area contributed by atoms with E-state index in [2.05, 4.69) is 10.3 Å². The van der Waals surface area contributed by atoms with E-state index in [9.17, 15) is 14.4 Å². The Labute approximate surface area is 167 Å². The number of nitrogens with one attached hydrogen (secondary N) is 2. The van der Waals surface area contributed by atoms with Gasteiger partial charge in [0.2, 0.25) is 0 Å². The van der Waals surface area contributed by atoms with Gasteiger partial charge >= 0.3 is 11.9 Å². The Morgan fingerprint density at radius 2 is 1.89 bits per heavy atom. The zero-order chi connectivity index (χ0) is 20.8. The Kier molecular flexibility index (Phi) is 7.06. The molecule has 9 heteroatoms. The van der Waals surface area contributed by atoms with Crippen molar-refractivity contribution in [1.29, 1.82) is 0 Å². The zero-order valence-corrected chi connectivity index (χ0v) is 16.7. The highest BCUT2D eigenvalue weighted by Crippen LogP contribution is 2.27. The molecule has 1 aromatic heterocycles. The lowest BCUT2D eigenvalue weighted by molar-refractivity contribution is -0.119. The summed E-state index contributed by atoms with van der Waals surface area (Å²) in [5.74, 6) is -1.45. The van der Waals surface area contributed by atoms with E-state index in [1.807, 2.05) is 6.92 Å². The summed E-state index contributed by atoms with van der Waals surface area (Å²) in [7, 11) is 2.72. The number of amides is 1. The van der Waals surface area contributed by atoms with Gasteiger partial charge in [0.25, 0.3) is 5.91 Å². The van der Waals surface area contributed by atoms with Crippen LogP contribution in [0.4, 0.5) is 5.69 Å². The van der Waals surface area contributed by atoms with Gasteiger partial charge in [-0.1, -0.05) is 18.5 Å². The highest BCUT2D eigenvalue weighted by Gasteiger charge is 2.25. The number of H-pyrrole nitrogens is 1. The predicted octanol–water partition coefficient (Wildman–Crippen LogP) is 3.13. The van der Waals surface area contributed by atoms with E-state index in [1.54, 1.807) is 19.1 Å². The lowest BCUT2D eigenvalue weighted by atomic mass is 10.1. The van der Waals surface area contributed by atoms with Crippen LogP contribution in [-0.4, -0.2) is 43.7 Å². The highest BCUT2D eigenvalue weighted by atomic mass is 35.5. The first kappa shape index (κ1) is 21.3. The minimum atomic E-state index is -0.754. The number of aromatic amines is 1. The van der Waals surface area contributed by atoms with Crippen LogP contribution in [0.2, 0.25) is 5.02 Å². The van der Waals surface area contributed by atoms with Gasteiger partial charge in [-0.3, -0.25) is 4.79 Å². The number of rotatable bonds is 7. The van der Waals surface area contributed by atoms with E-state index in [0.29, 0.717) is 39.7 Å². The minimum absolute atomic E-state index is 0.102. The SMILES string of the molecule is CCc1[nH]c(C(=O)OCC(=O)Nc2cc(Cl)ccc2OC)c(C)c1C(=O)OC. The van der Waals surface area contributed by atoms with Gasteiger partial charge in [-0.2, -0.15) is 0 Å². The molecule has 28 heavy (non-hydrogen) atoms. The van der Waals surface area contributed by atoms with Crippen LogP contribution in [0.5, 0.6) is 5.75 Å². The standard InChI is InChI=1S/C19H21ClN2O6/c1-5-12-16(18(24)27-4)10(2)17(22-12)19(25)28-9-15(23)21-13-8-11(20)6-7-14(13)26-3/h6-8,22H,5,9H2,1-4H3,(H,21,23). The van der Waals surface area contributed by atoms with Gasteiger partial charge in [0.1, 0.15) is 11.4 Å². The lowest BCUT2D eigenvalue weighted by Crippen LogP contribution is -2.21. The monoisotopic (exact) mass is 408 g/mol. The summed E-state index contributed by atoms with van der Waals surface area (Å²) in [4.78, 5) is 39.3. The molecule has 0 atom stereocenters. The Hall–Kier alpha value is -3.00. The molecule has 0 aliphatic heterocycles. The first-order chi connectivity index (χ1) is 13.3. The van der Waals surface area contributed by atoms with Gasteiger partial charge < -0.3 is 24.5 Å². The molecule has 0 saturated carbocycles. The first-order valence-electron chi connectivity index (χ1n) is 8.42. The van der Waals surface area contributed by atoms with E-state index in [-0.39, 0.29) is 5.69 Å². The number of anilines is 1. The molecule has 0 radical (unpaired) electrons. The van der Waals surface area contributed by atoms with Crippen molar-refractivity contribution in [2.75, 3.05) is 26.1 Å². The smallest absolute Gasteiger partial charge is 0.355 e. The second kappa shape index (κ2) is 9.27. The third kappa shape index (κ3) is 4.64. The number of hydrogen-bond donors (Lipinski definition) is 2. The van der Waals surface area contributed by atoms with Crippen molar-refractivity contribution in [1.82, 2.24) is 4.98 Å². The summed E-state index contributed by atoms with van der Waals surface area (Å²) in [6, 6.07) is 4.74. The fourth-order valence-corrected chi connectivity index (χ4v) is 2.85. The number of carbonyl (C=O) groups excluding carboxylic acids is 3. The quantitative estimate of drug-likeness (QED) is 0.681. The van der Waals surface area contributed by atoms with E-state index in [1.165, 1.54) is 20.3 Å². The Morgan fingerprint density at radius 3 is 2.50 bits per heavy atom. The van der Waals surface area contributed by atoms with Crippen LogP contribution in [0.25, 0.3) is 0 Å². The zero-order valence-electron chi connectivity index (χ0n) is 16.0. The maximum absolute atomic E-state index is 12.4. The Balaban J connectivity index is 2.08. The summed E-state index contributed by atoms with van der Waals surface area (Å²) in [5.41, 5.74) is 1.72. The van der Waals surface area contributed by atoms with Gasteiger partial charge in [0.15, 0.2) is 6.61 Å². The molecule has 0 bridgehead atoms. The van der Waals surface area contributed by atoms with Gasteiger partial charge in [0.05, 0.1) is 25.5 Å². The molecule has 1 heterocycles. The molecular formula is C19H21ClN2O6. The van der Waals surface area contributed by atoms with E-state index in [0.717, 1.165) is 0 Å². The molecule has 8 nitrogen and oxygen atoms in total. The molecular weight excluding hydrogens is 388 g/mol. The maximum Gasteiger partial charge on any atom is 0.355 e. The molecule has 150 valence electrons. The van der Waals surface area contributed by atoms with Crippen LogP contribution in [0.3, 0.4) is 0 Å². The molecule has 0 saturated heterocycles. The molecule has 2 aromatic rings. The topological polar surface area (TPSA) is 107 Å². The number of methoxy groups -OCH3 is 2. The fraction of sp³-hybridized carbons (Fsp3) is 0.316. The largest absolute Gasteiger partial charge is 0.495 e. The van der Waals surface area contributed by atoms with Crippen LogP contribution >= 0.6 is 11.6 Å². The summed E-state index contributed by atoms with van der Waals surface area (Å²) in [6.07, 6.45) is 0.494. The minimum Gasteiger partial charge on any atom is -0.495 e. The Morgan fingerprint density at radius 1 is 1.18 bits per heavy atom. The first-order valence-corrected chi connectivity index (χ1v) is 8.80. The number of halogens is 1. The highest BCUT2D eigenvalue weighted by molar-refractivity contribution is 6.31. The molecule has 2 rings (SSSR count). The molecule has 1 amide bonds. The number of aryl methyl sites for hydroxylation is 1. The van der Waals surface area contributed by atoms with Crippen LogP contribution < -0.4 is 10.1 Å². The second-order valence-corrected chi connectivity index (χ2v) is 6.23. The van der Waals surface area contributed by atoms with Crippen molar-refractivity contribution >= 4 is 35.1 Å². The van der Waals surface area contributed by atoms with E-state index in [4.69, 9.17) is 25.8 Å². The van der Waals surface area contributed by atoms with E-state index >= 15 is 0 Å². The average molecular weight is 409 g/mol. The number of benzene rings is 1. The number of carbonyl (C=O) groups is 3. The average Bonchev–Trinajstić information content (AvgIpc) is 3.02. The van der Waals surface area contributed by atoms with E-state index < -0.39 is 24.5 Å². The summed E-state index contributed by atoms with van der Waals surface area (Å²) in [5, 5.41) is 2.98. The van der Waals surface area contributed by atoms with Crippen LogP contribution in [0.1, 0.15) is 39.0 Å². The van der Waals surface area contributed by atoms with Gasteiger partial charge in [-0.25, -0.2) is 9.59 Å². The second-order valence-electron chi connectivity index (χ2n) is 5.79. The van der Waals surface area contributed by atoms with Crippen molar-refractivity contribution in [2.24, 2.45) is 0 Å². The molecule has 0 aliphatic carbocycles. The van der Waals surface area contributed by atoms with Crippen molar-refractivity contribution in [3.05, 3.63) is 45.7 Å². The van der Waals surface area contributed by atoms with Crippen LogP contribution in [-0.2, 0) is 20.7 Å². The molecule has 0 aliphatic rings. The van der Waals surface area contributed by atoms with Crippen molar-refractivity contribution in [2.45, 2.75) is 20.3 Å². The molecule has 2 N–H and O–H groups in total. The van der Waals surface area contributed by atoms with Gasteiger partial charge in [-0.05, 0) is 37.1 Å². The van der Waals surface area contributed by atoms with Crippen molar-refractivity contribution in [3.63, 3.8) is 0 Å². The van der Waals surface area contributed by atoms with Crippen LogP contribution in [0, 0.1) is 6.92 Å². The number of hydrogen-bond acceptors (Lipinski definition) is 6. The van der Waals surface area contributed by atoms with Crippen molar-refractivity contribution < 1.29 is 28.6 Å². The number of esters is 2. The lowest BCUT2D eigenvalue weighted by Gasteiger charge is -2.10. The summed E-state index contributed by atoms with van der Waals surface area (Å²) in [6.45, 7) is 2.91. The summed E-state index contributed by atoms with van der Waals surface area (Å²) >= 11 is 5.92. The maximum atomic E-state index is 12.4. The molecule has 0 fully saturated rings. The molecule has 0 spiro atoms. The third-order valence-corrected chi connectivity index (χ3v) is 4.28. The summed E-state index contributed by atoms with van der Waals surface area (Å²) < 4.78 is 15.0. The van der Waals surface area contributed by atoms with Crippen molar-refractivity contribution in [3.8, 4) is 5.75 Å².